The van der Waals surface area contributed by atoms with Gasteiger partial charge in [0.15, 0.2) is 5.15 Å². The molecule has 0 aliphatic carbocycles. The molecule has 0 radical (unpaired) electrons. The summed E-state index contributed by atoms with van der Waals surface area (Å²) in [5.74, 6) is 1.94. The van der Waals surface area contributed by atoms with Gasteiger partial charge in [-0.25, -0.2) is 4.98 Å². The summed E-state index contributed by atoms with van der Waals surface area (Å²) < 4.78 is 0. The van der Waals surface area contributed by atoms with Crippen molar-refractivity contribution < 1.29 is 4.79 Å². The van der Waals surface area contributed by atoms with Crippen LogP contribution in [0.4, 0.5) is 5.69 Å². The summed E-state index contributed by atoms with van der Waals surface area (Å²) >= 11 is 5.74. The average Bonchev–Trinajstić information content (AvgIpc) is 2.21. The van der Waals surface area contributed by atoms with Gasteiger partial charge in [0.05, 0.1) is 11.7 Å². The van der Waals surface area contributed by atoms with Crippen molar-refractivity contribution in [2.75, 3.05) is 5.32 Å². The van der Waals surface area contributed by atoms with E-state index in [1.54, 1.807) is 12.1 Å². The summed E-state index contributed by atoms with van der Waals surface area (Å²) in [7, 11) is 0. The van der Waals surface area contributed by atoms with Gasteiger partial charge >= 0.3 is 0 Å². The Balaban J connectivity index is 2.67. The third-order valence-corrected chi connectivity index (χ3v) is 1.99. The monoisotopic (exact) mass is 223 g/mol. The minimum absolute atomic E-state index is 0.184. The first-order valence-electron chi connectivity index (χ1n) is 4.25. The number of nitrogens with zero attached hydrogens (tertiary/aromatic N) is 1. The van der Waals surface area contributed by atoms with E-state index in [9.17, 15) is 4.79 Å². The predicted octanol–water partition coefficient (Wildman–Crippen LogP) is 1.02. The molecular weight excluding hydrogens is 214 g/mol. The lowest BCUT2D eigenvalue weighted by molar-refractivity contribution is -0.117. The lowest BCUT2D eigenvalue weighted by Crippen LogP contribution is -2.35. The molecule has 1 rings (SSSR count). The van der Waals surface area contributed by atoms with E-state index in [2.05, 4.69) is 16.2 Å². The Labute approximate surface area is 92.8 Å². The quantitative estimate of drug-likeness (QED) is 0.594. The van der Waals surface area contributed by atoms with Gasteiger partial charge in [-0.2, -0.15) is 0 Å². The lowest BCUT2D eigenvalue weighted by Gasteiger charge is -2.09. The molecule has 1 heterocycles. The van der Waals surface area contributed by atoms with Crippen LogP contribution < -0.4 is 11.1 Å². The summed E-state index contributed by atoms with van der Waals surface area (Å²) in [6.45, 7) is 0. The normalized spacial score (nSPS) is 11.5. The van der Waals surface area contributed by atoms with Crippen LogP contribution in [0.25, 0.3) is 0 Å². The molecule has 4 nitrogen and oxygen atoms in total. The Morgan fingerprint density at radius 1 is 1.80 bits per heavy atom. The topological polar surface area (TPSA) is 68.0 Å². The molecular formula is C10H10ClN3O. The number of pyridine rings is 1. The van der Waals surface area contributed by atoms with Crippen LogP contribution in [0.15, 0.2) is 18.3 Å². The number of rotatable bonds is 3. The van der Waals surface area contributed by atoms with Crippen LogP contribution in [0.5, 0.6) is 0 Å². The number of halogens is 1. The second-order valence-corrected chi connectivity index (χ2v) is 3.20. The third kappa shape index (κ3) is 3.24. The Morgan fingerprint density at radius 3 is 3.13 bits per heavy atom. The summed E-state index contributed by atoms with van der Waals surface area (Å²) in [4.78, 5) is 15.2. The van der Waals surface area contributed by atoms with Crippen molar-refractivity contribution in [2.24, 2.45) is 5.73 Å². The highest BCUT2D eigenvalue weighted by atomic mass is 35.5. The van der Waals surface area contributed by atoms with Crippen LogP contribution in [0.3, 0.4) is 0 Å². The van der Waals surface area contributed by atoms with Crippen molar-refractivity contribution in [3.8, 4) is 12.3 Å². The molecule has 0 saturated carbocycles. The van der Waals surface area contributed by atoms with Crippen LogP contribution in [0.2, 0.25) is 5.15 Å². The highest BCUT2D eigenvalue weighted by Crippen LogP contribution is 2.17. The number of nitrogens with two attached hydrogens (primary N) is 1. The van der Waals surface area contributed by atoms with Gasteiger partial charge in [0, 0.05) is 12.6 Å². The van der Waals surface area contributed by atoms with Gasteiger partial charge in [0.1, 0.15) is 0 Å². The predicted molar refractivity (Wildman–Crippen MR) is 59.3 cm³/mol. The van der Waals surface area contributed by atoms with Gasteiger partial charge in [-0.15, -0.1) is 12.3 Å². The number of hydrogen-bond acceptors (Lipinski definition) is 3. The van der Waals surface area contributed by atoms with Crippen molar-refractivity contribution in [3.63, 3.8) is 0 Å². The van der Waals surface area contributed by atoms with E-state index in [0.29, 0.717) is 5.69 Å². The van der Waals surface area contributed by atoms with E-state index in [0.717, 1.165) is 0 Å². The van der Waals surface area contributed by atoms with Crippen molar-refractivity contribution in [1.82, 2.24) is 4.98 Å². The maximum absolute atomic E-state index is 11.4. The fourth-order valence-electron chi connectivity index (χ4n) is 0.924. The molecule has 0 aliphatic heterocycles. The molecule has 0 fully saturated rings. The first kappa shape index (κ1) is 11.5. The van der Waals surface area contributed by atoms with Crippen LogP contribution in [-0.4, -0.2) is 16.9 Å². The molecule has 1 aromatic rings. The van der Waals surface area contributed by atoms with Crippen molar-refractivity contribution in [2.45, 2.75) is 12.5 Å². The third-order valence-electron chi connectivity index (χ3n) is 1.69. The smallest absolute Gasteiger partial charge is 0.242 e. The van der Waals surface area contributed by atoms with Crippen LogP contribution >= 0.6 is 11.6 Å². The lowest BCUT2D eigenvalue weighted by atomic mass is 10.2. The zero-order chi connectivity index (χ0) is 11.3. The standard InChI is InChI=1S/C10H10ClN3O/c1-2-4-7(12)10(15)14-8-5-3-6-13-9(8)11/h1,3,5-7H,4,12H2,(H,14,15). The number of anilines is 1. The van der Waals surface area contributed by atoms with Gasteiger partial charge in [-0.3, -0.25) is 4.79 Å². The minimum Gasteiger partial charge on any atom is -0.322 e. The molecule has 78 valence electrons. The van der Waals surface area contributed by atoms with E-state index in [4.69, 9.17) is 23.8 Å². The maximum atomic E-state index is 11.4. The molecule has 1 atom stereocenters. The summed E-state index contributed by atoms with van der Waals surface area (Å²) in [6.07, 6.45) is 6.75. The largest absolute Gasteiger partial charge is 0.322 e. The summed E-state index contributed by atoms with van der Waals surface area (Å²) in [5.41, 5.74) is 5.94. The molecule has 3 N–H and O–H groups in total. The van der Waals surface area contributed by atoms with Gasteiger partial charge in [-0.1, -0.05) is 11.6 Å². The highest BCUT2D eigenvalue weighted by Gasteiger charge is 2.13. The molecule has 1 amide bonds. The summed E-state index contributed by atoms with van der Waals surface area (Å²) in [6, 6.07) is 2.57. The molecule has 0 saturated heterocycles. The molecule has 0 aliphatic rings. The molecule has 1 aromatic heterocycles. The minimum atomic E-state index is -0.730. The van der Waals surface area contributed by atoms with Crippen LogP contribution in [-0.2, 0) is 4.79 Å². The van der Waals surface area contributed by atoms with Gasteiger partial charge in [0.25, 0.3) is 0 Å². The Morgan fingerprint density at radius 2 is 2.53 bits per heavy atom. The number of carbonyl (C=O) groups excluding carboxylic acids is 1. The van der Waals surface area contributed by atoms with E-state index in [1.807, 2.05) is 0 Å². The van der Waals surface area contributed by atoms with Gasteiger partial charge in [-0.05, 0) is 12.1 Å². The molecule has 15 heavy (non-hydrogen) atoms. The fraction of sp³-hybridized carbons (Fsp3) is 0.200. The maximum Gasteiger partial charge on any atom is 0.242 e. The number of nitrogens with one attached hydrogen (secondary N) is 1. The van der Waals surface area contributed by atoms with Gasteiger partial charge < -0.3 is 11.1 Å². The second kappa shape index (κ2) is 5.35. The highest BCUT2D eigenvalue weighted by molar-refractivity contribution is 6.32. The van der Waals surface area contributed by atoms with E-state index in [-0.39, 0.29) is 17.5 Å². The number of aromatic nitrogens is 1. The first-order valence-corrected chi connectivity index (χ1v) is 4.63. The number of hydrogen-bond donors (Lipinski definition) is 2. The van der Waals surface area contributed by atoms with E-state index < -0.39 is 6.04 Å². The van der Waals surface area contributed by atoms with Crippen LogP contribution in [0, 0.1) is 12.3 Å². The second-order valence-electron chi connectivity index (χ2n) is 2.85. The number of amides is 1. The molecule has 5 heteroatoms. The Bertz CT molecular complexity index is 400. The molecule has 0 bridgehead atoms. The van der Waals surface area contributed by atoms with Gasteiger partial charge in [0.2, 0.25) is 5.91 Å². The van der Waals surface area contributed by atoms with Crippen molar-refractivity contribution in [1.29, 1.82) is 0 Å². The van der Waals surface area contributed by atoms with Crippen molar-refractivity contribution >= 4 is 23.2 Å². The van der Waals surface area contributed by atoms with E-state index in [1.165, 1.54) is 6.20 Å². The van der Waals surface area contributed by atoms with E-state index >= 15 is 0 Å². The van der Waals surface area contributed by atoms with Crippen LogP contribution in [0.1, 0.15) is 6.42 Å². The summed E-state index contributed by atoms with van der Waals surface area (Å²) in [5, 5.41) is 2.76. The fourth-order valence-corrected chi connectivity index (χ4v) is 1.09. The Hall–Kier alpha value is -1.57. The average molecular weight is 224 g/mol. The Kier molecular flexibility index (Phi) is 4.10. The molecule has 0 aromatic carbocycles. The molecule has 0 spiro atoms. The number of terminal acetylenes is 1. The zero-order valence-corrected chi connectivity index (χ0v) is 8.66. The number of carbonyl (C=O) groups is 1. The molecule has 1 unspecified atom stereocenters. The SMILES string of the molecule is C#CCC(N)C(=O)Nc1cccnc1Cl. The first-order chi connectivity index (χ1) is 7.15. The zero-order valence-electron chi connectivity index (χ0n) is 7.90. The van der Waals surface area contributed by atoms with Crippen molar-refractivity contribution in [3.05, 3.63) is 23.5 Å².